The van der Waals surface area contributed by atoms with Gasteiger partial charge in [0, 0.05) is 41.5 Å². The number of nitrogens with one attached hydrogen (secondary N) is 1. The predicted molar refractivity (Wildman–Crippen MR) is 170 cm³/mol. The highest BCUT2D eigenvalue weighted by Gasteiger charge is 2.30. The summed E-state index contributed by atoms with van der Waals surface area (Å²) in [4.78, 5) is 3.83. The molecule has 0 bridgehead atoms. The van der Waals surface area contributed by atoms with E-state index in [1.165, 1.54) is 57.5 Å². The third-order valence-electron chi connectivity index (χ3n) is 7.57. The van der Waals surface area contributed by atoms with Gasteiger partial charge in [-0.25, -0.2) is 0 Å². The van der Waals surface area contributed by atoms with Crippen LogP contribution in [-0.4, -0.2) is 0 Å². The lowest BCUT2D eigenvalue weighted by atomic mass is 10.0. The van der Waals surface area contributed by atoms with Crippen LogP contribution in [0.3, 0.4) is 0 Å². The number of benzene rings is 5. The Hall–Kier alpha value is -4.38. The van der Waals surface area contributed by atoms with E-state index < -0.39 is 0 Å². The fraction of sp³-hybridized carbons (Fsp3) is 0.0286. The topological polar surface area (TPSA) is 15.3 Å². The van der Waals surface area contributed by atoms with E-state index in [-0.39, 0.29) is 6.17 Å². The van der Waals surface area contributed by atoms with Gasteiger partial charge in [-0.1, -0.05) is 84.9 Å². The molecule has 0 amide bonds. The van der Waals surface area contributed by atoms with Crippen LogP contribution in [0.2, 0.25) is 0 Å². The zero-order chi connectivity index (χ0) is 25.8. The van der Waals surface area contributed by atoms with Gasteiger partial charge >= 0.3 is 0 Å². The zero-order valence-corrected chi connectivity index (χ0v) is 22.7. The molecule has 4 heteroatoms. The van der Waals surface area contributed by atoms with Gasteiger partial charge in [-0.3, -0.25) is 0 Å². The monoisotopic (exact) mass is 536 g/mol. The maximum absolute atomic E-state index is 3.74. The van der Waals surface area contributed by atoms with Crippen molar-refractivity contribution in [3.63, 3.8) is 0 Å². The van der Waals surface area contributed by atoms with Crippen LogP contribution in [0, 0.1) is 0 Å². The Morgan fingerprint density at radius 3 is 2.05 bits per heavy atom. The molecule has 2 aromatic heterocycles. The fourth-order valence-electron chi connectivity index (χ4n) is 5.78. The molecule has 1 N–H and O–H groups in total. The first kappa shape index (κ1) is 22.6. The molecule has 1 atom stereocenters. The van der Waals surface area contributed by atoms with E-state index in [1.807, 2.05) is 22.7 Å². The first-order valence-corrected chi connectivity index (χ1v) is 14.8. The third kappa shape index (κ3) is 3.68. The SMILES string of the molecule is C1=Cc2c(sc3ccccc23)C(N(c2ccc(-c3ccccc3)cc2)c2cccc3sc4ccccc4c23)N1. The van der Waals surface area contributed by atoms with Crippen molar-refractivity contribution in [3.05, 3.63) is 138 Å². The van der Waals surface area contributed by atoms with Gasteiger partial charge < -0.3 is 10.2 Å². The fourth-order valence-corrected chi connectivity index (χ4v) is 8.15. The summed E-state index contributed by atoms with van der Waals surface area (Å²) in [5.74, 6) is 0. The average Bonchev–Trinajstić information content (AvgIpc) is 3.58. The Kier molecular flexibility index (Phi) is 5.28. The normalized spacial score (nSPS) is 14.5. The molecule has 2 nitrogen and oxygen atoms in total. The quantitative estimate of drug-likeness (QED) is 0.241. The van der Waals surface area contributed by atoms with Crippen LogP contribution in [0.1, 0.15) is 16.6 Å². The summed E-state index contributed by atoms with van der Waals surface area (Å²) in [5, 5.41) is 7.68. The van der Waals surface area contributed by atoms with Crippen molar-refractivity contribution >= 4 is 70.4 Å². The third-order valence-corrected chi connectivity index (χ3v) is 9.94. The van der Waals surface area contributed by atoms with Gasteiger partial charge in [-0.2, -0.15) is 0 Å². The van der Waals surface area contributed by atoms with Gasteiger partial charge in [-0.05, 0) is 59.8 Å². The van der Waals surface area contributed by atoms with E-state index in [0.717, 1.165) is 5.69 Å². The largest absolute Gasteiger partial charge is 0.367 e. The molecule has 7 aromatic rings. The van der Waals surface area contributed by atoms with Gasteiger partial charge in [0.2, 0.25) is 0 Å². The minimum absolute atomic E-state index is 0.0331. The second-order valence-corrected chi connectivity index (χ2v) is 12.0. The molecule has 0 saturated heterocycles. The highest BCUT2D eigenvalue weighted by molar-refractivity contribution is 7.26. The van der Waals surface area contributed by atoms with E-state index in [1.54, 1.807) is 0 Å². The molecule has 0 fully saturated rings. The molecular weight excluding hydrogens is 513 g/mol. The number of hydrogen-bond acceptors (Lipinski definition) is 4. The van der Waals surface area contributed by atoms with Crippen LogP contribution in [0.25, 0.3) is 47.5 Å². The smallest absolute Gasteiger partial charge is 0.140 e. The summed E-state index contributed by atoms with van der Waals surface area (Å²) in [6, 6.07) is 43.9. The highest BCUT2D eigenvalue weighted by Crippen LogP contribution is 2.47. The van der Waals surface area contributed by atoms with Gasteiger partial charge in [0.15, 0.2) is 0 Å². The van der Waals surface area contributed by atoms with E-state index in [0.29, 0.717) is 0 Å². The van der Waals surface area contributed by atoms with Crippen LogP contribution in [0.4, 0.5) is 11.4 Å². The van der Waals surface area contributed by atoms with Crippen molar-refractivity contribution < 1.29 is 0 Å². The summed E-state index contributed by atoms with van der Waals surface area (Å²) in [7, 11) is 0. The number of anilines is 2. The van der Waals surface area contributed by atoms with Crippen molar-refractivity contribution in [1.82, 2.24) is 5.32 Å². The van der Waals surface area contributed by atoms with Gasteiger partial charge in [0.05, 0.1) is 10.6 Å². The first-order chi connectivity index (χ1) is 19.3. The van der Waals surface area contributed by atoms with E-state index in [2.05, 4.69) is 144 Å². The maximum atomic E-state index is 3.74. The lowest BCUT2D eigenvalue weighted by Gasteiger charge is -2.36. The minimum atomic E-state index is -0.0331. The summed E-state index contributed by atoms with van der Waals surface area (Å²) in [6.45, 7) is 0. The second kappa shape index (κ2) is 9.12. The first-order valence-electron chi connectivity index (χ1n) is 13.1. The van der Waals surface area contributed by atoms with Crippen molar-refractivity contribution in [1.29, 1.82) is 0 Å². The Bertz CT molecular complexity index is 2000. The Labute approximate surface area is 235 Å². The molecule has 3 heterocycles. The van der Waals surface area contributed by atoms with Gasteiger partial charge in [0.25, 0.3) is 0 Å². The number of thiophene rings is 2. The Morgan fingerprint density at radius 2 is 1.23 bits per heavy atom. The van der Waals surface area contributed by atoms with Crippen molar-refractivity contribution in [3.8, 4) is 11.1 Å². The molecule has 0 spiro atoms. The second-order valence-electron chi connectivity index (χ2n) is 9.81. The summed E-state index contributed by atoms with van der Waals surface area (Å²) in [6.07, 6.45) is 4.31. The number of hydrogen-bond donors (Lipinski definition) is 1. The summed E-state index contributed by atoms with van der Waals surface area (Å²) >= 11 is 3.75. The van der Waals surface area contributed by atoms with Crippen LogP contribution in [0.15, 0.2) is 128 Å². The standard InChI is InChI=1S/C35H24N2S2/c1-2-9-23(10-3-1)24-17-19-25(20-18-24)37(29-13-8-16-32-33(29)28-12-5-7-15-31(28)38-32)35-34-27(21-22-36-35)26-11-4-6-14-30(26)39-34/h1-22,35-36H. The molecule has 1 aliphatic rings. The zero-order valence-electron chi connectivity index (χ0n) is 21.0. The van der Waals surface area contributed by atoms with Crippen LogP contribution in [-0.2, 0) is 0 Å². The molecule has 0 aliphatic carbocycles. The van der Waals surface area contributed by atoms with Crippen LogP contribution < -0.4 is 10.2 Å². The molecule has 186 valence electrons. The van der Waals surface area contributed by atoms with E-state index in [9.17, 15) is 0 Å². The Balaban J connectivity index is 1.36. The molecule has 0 saturated carbocycles. The number of fused-ring (bicyclic) bond motifs is 6. The van der Waals surface area contributed by atoms with E-state index in [4.69, 9.17) is 0 Å². The lowest BCUT2D eigenvalue weighted by molar-refractivity contribution is 0.639. The lowest BCUT2D eigenvalue weighted by Crippen LogP contribution is -2.34. The van der Waals surface area contributed by atoms with Gasteiger partial charge in [0.1, 0.15) is 6.17 Å². The molecule has 1 aliphatic heterocycles. The Morgan fingerprint density at radius 1 is 0.564 bits per heavy atom. The maximum Gasteiger partial charge on any atom is 0.140 e. The van der Waals surface area contributed by atoms with Crippen LogP contribution in [0.5, 0.6) is 0 Å². The summed E-state index contributed by atoms with van der Waals surface area (Å²) in [5.41, 5.74) is 6.14. The van der Waals surface area contributed by atoms with E-state index >= 15 is 0 Å². The molecule has 1 unspecified atom stereocenters. The average molecular weight is 537 g/mol. The minimum Gasteiger partial charge on any atom is -0.367 e. The predicted octanol–water partition coefficient (Wildman–Crippen LogP) is 10.3. The van der Waals surface area contributed by atoms with Crippen LogP contribution >= 0.6 is 22.7 Å². The number of nitrogens with zero attached hydrogens (tertiary/aromatic N) is 1. The molecule has 8 rings (SSSR count). The molecule has 5 aromatic carbocycles. The van der Waals surface area contributed by atoms with Gasteiger partial charge in [-0.15, -0.1) is 22.7 Å². The molecule has 39 heavy (non-hydrogen) atoms. The summed E-state index contributed by atoms with van der Waals surface area (Å²) < 4.78 is 3.94. The van der Waals surface area contributed by atoms with Crippen molar-refractivity contribution in [2.45, 2.75) is 6.17 Å². The number of rotatable bonds is 4. The highest BCUT2D eigenvalue weighted by atomic mass is 32.1. The molecular formula is C35H24N2S2. The molecule has 0 radical (unpaired) electrons. The van der Waals surface area contributed by atoms with Crippen molar-refractivity contribution in [2.24, 2.45) is 0 Å². The van der Waals surface area contributed by atoms with Crippen molar-refractivity contribution in [2.75, 3.05) is 4.90 Å².